The number of sulfonamides is 1. The number of pyridine rings is 1. The molecule has 0 aliphatic rings. The van der Waals surface area contributed by atoms with Crippen LogP contribution in [-0.2, 0) is 31.9 Å². The molecule has 11 heteroatoms. The number of nitrogens with zero attached hydrogens (tertiary/aromatic N) is 2. The van der Waals surface area contributed by atoms with Crippen LogP contribution in [0.1, 0.15) is 18.1 Å². The van der Waals surface area contributed by atoms with E-state index in [-0.39, 0.29) is 17.3 Å². The number of nitrogen functional groups attached to an aromatic ring is 1. The lowest BCUT2D eigenvalue weighted by atomic mass is 10.1. The lowest BCUT2D eigenvalue weighted by Gasteiger charge is -2.26. The highest BCUT2D eigenvalue weighted by molar-refractivity contribution is 7.91. The lowest BCUT2D eigenvalue weighted by molar-refractivity contribution is -0.121. The molecule has 3 aromatic rings. The first-order valence-electron chi connectivity index (χ1n) is 10.6. The predicted octanol–water partition coefficient (Wildman–Crippen LogP) is 1.69. The third kappa shape index (κ3) is 6.42. The van der Waals surface area contributed by atoms with E-state index in [0.29, 0.717) is 23.1 Å². The second kappa shape index (κ2) is 10.8. The maximum absolute atomic E-state index is 13.2. The van der Waals surface area contributed by atoms with E-state index in [1.165, 1.54) is 36.2 Å². The Bertz CT molecular complexity index is 1400. The fraction of sp³-hybridized carbons (Fsp3) is 0.167. The molecule has 0 fully saturated rings. The van der Waals surface area contributed by atoms with E-state index in [0.717, 1.165) is 4.57 Å². The first kappa shape index (κ1) is 25.4. The minimum absolute atomic E-state index is 0.204. The van der Waals surface area contributed by atoms with Crippen molar-refractivity contribution in [1.82, 2.24) is 4.57 Å². The van der Waals surface area contributed by atoms with E-state index in [1.807, 2.05) is 0 Å². The SMILES string of the molecule is CC(C=O)N(C(=O)Cn1cccc(NS(=O)(=O)Cc2ccccc2)c1=O)c1cccc(C(=N)N)c1. The normalized spacial score (nSPS) is 11.9. The summed E-state index contributed by atoms with van der Waals surface area (Å²) >= 11 is 0. The molecule has 35 heavy (non-hydrogen) atoms. The van der Waals surface area contributed by atoms with Crippen molar-refractivity contribution in [2.75, 3.05) is 9.62 Å². The molecule has 0 saturated carbocycles. The van der Waals surface area contributed by atoms with Crippen LogP contribution in [0.4, 0.5) is 11.4 Å². The van der Waals surface area contributed by atoms with Gasteiger partial charge in [0.2, 0.25) is 15.9 Å². The number of hydrogen-bond donors (Lipinski definition) is 3. The monoisotopic (exact) mass is 495 g/mol. The Kier molecular flexibility index (Phi) is 7.82. The van der Waals surface area contributed by atoms with E-state index < -0.39 is 34.1 Å². The molecule has 1 heterocycles. The van der Waals surface area contributed by atoms with Crippen molar-refractivity contribution < 1.29 is 18.0 Å². The zero-order chi connectivity index (χ0) is 25.6. The Morgan fingerprint density at radius 2 is 1.86 bits per heavy atom. The van der Waals surface area contributed by atoms with Crippen LogP contribution in [0.5, 0.6) is 0 Å². The molecule has 0 radical (unpaired) electrons. The molecule has 2 aromatic carbocycles. The van der Waals surface area contributed by atoms with Crippen LogP contribution in [0, 0.1) is 5.41 Å². The molecule has 182 valence electrons. The van der Waals surface area contributed by atoms with Gasteiger partial charge in [0.15, 0.2) is 0 Å². The number of anilines is 2. The molecule has 1 amide bonds. The van der Waals surface area contributed by atoms with Crippen molar-refractivity contribution >= 4 is 39.4 Å². The molecule has 0 saturated heterocycles. The van der Waals surface area contributed by atoms with E-state index in [2.05, 4.69) is 4.72 Å². The van der Waals surface area contributed by atoms with E-state index in [1.54, 1.807) is 48.5 Å². The van der Waals surface area contributed by atoms with Crippen LogP contribution in [0.15, 0.2) is 77.7 Å². The molecule has 0 spiro atoms. The lowest BCUT2D eigenvalue weighted by Crippen LogP contribution is -2.43. The first-order valence-corrected chi connectivity index (χ1v) is 12.2. The Balaban J connectivity index is 1.86. The second-order valence-corrected chi connectivity index (χ2v) is 9.53. The van der Waals surface area contributed by atoms with Gasteiger partial charge in [-0.3, -0.25) is 19.7 Å². The maximum Gasteiger partial charge on any atom is 0.275 e. The van der Waals surface area contributed by atoms with E-state index in [9.17, 15) is 22.8 Å². The summed E-state index contributed by atoms with van der Waals surface area (Å²) in [6.45, 7) is 1.07. The van der Waals surface area contributed by atoms with Crippen LogP contribution >= 0.6 is 0 Å². The van der Waals surface area contributed by atoms with Crippen LogP contribution in [0.2, 0.25) is 0 Å². The molecule has 0 bridgehead atoms. The van der Waals surface area contributed by atoms with Gasteiger partial charge in [-0.2, -0.15) is 0 Å². The number of rotatable bonds is 10. The topological polar surface area (TPSA) is 155 Å². The number of benzene rings is 2. The van der Waals surface area contributed by atoms with Gasteiger partial charge in [0.25, 0.3) is 5.56 Å². The average molecular weight is 496 g/mol. The van der Waals surface area contributed by atoms with Crippen LogP contribution < -0.4 is 20.9 Å². The quantitative estimate of drug-likeness (QED) is 0.221. The second-order valence-electron chi connectivity index (χ2n) is 7.81. The predicted molar refractivity (Wildman–Crippen MR) is 134 cm³/mol. The smallest absolute Gasteiger partial charge is 0.275 e. The minimum Gasteiger partial charge on any atom is -0.384 e. The average Bonchev–Trinajstić information content (AvgIpc) is 2.82. The molecular formula is C24H25N5O5S. The van der Waals surface area contributed by atoms with Gasteiger partial charge in [-0.05, 0) is 36.8 Å². The number of aromatic nitrogens is 1. The summed E-state index contributed by atoms with van der Waals surface area (Å²) in [4.78, 5) is 38.8. The summed E-state index contributed by atoms with van der Waals surface area (Å²) in [5.41, 5.74) is 5.87. The number of nitrogens with one attached hydrogen (secondary N) is 2. The van der Waals surface area contributed by atoms with Crippen LogP contribution in [0.3, 0.4) is 0 Å². The van der Waals surface area contributed by atoms with Crippen molar-refractivity contribution in [3.05, 3.63) is 94.4 Å². The van der Waals surface area contributed by atoms with Crippen molar-refractivity contribution in [2.24, 2.45) is 5.73 Å². The van der Waals surface area contributed by atoms with Crippen LogP contribution in [0.25, 0.3) is 0 Å². The van der Waals surface area contributed by atoms with Crippen molar-refractivity contribution in [2.45, 2.75) is 25.3 Å². The summed E-state index contributed by atoms with van der Waals surface area (Å²) in [6, 6.07) is 16.7. The summed E-state index contributed by atoms with van der Waals surface area (Å²) < 4.78 is 28.5. The summed E-state index contributed by atoms with van der Waals surface area (Å²) in [5, 5.41) is 7.61. The number of carbonyl (C=O) groups excluding carboxylic acids is 2. The van der Waals surface area contributed by atoms with Gasteiger partial charge in [-0.15, -0.1) is 0 Å². The van der Waals surface area contributed by atoms with Gasteiger partial charge in [-0.1, -0.05) is 42.5 Å². The largest absolute Gasteiger partial charge is 0.384 e. The number of nitrogens with two attached hydrogens (primary N) is 1. The fourth-order valence-corrected chi connectivity index (χ4v) is 4.64. The van der Waals surface area contributed by atoms with Gasteiger partial charge in [0.05, 0.1) is 11.8 Å². The first-order chi connectivity index (χ1) is 16.6. The van der Waals surface area contributed by atoms with Gasteiger partial charge in [-0.25, -0.2) is 8.42 Å². The molecule has 10 nitrogen and oxygen atoms in total. The molecule has 4 N–H and O–H groups in total. The molecule has 0 aliphatic heterocycles. The Labute approximate surface area is 202 Å². The highest BCUT2D eigenvalue weighted by Crippen LogP contribution is 2.19. The molecule has 0 aliphatic carbocycles. The third-order valence-electron chi connectivity index (χ3n) is 5.10. The van der Waals surface area contributed by atoms with Crippen molar-refractivity contribution in [3.63, 3.8) is 0 Å². The van der Waals surface area contributed by atoms with Crippen molar-refractivity contribution in [3.8, 4) is 0 Å². The molecule has 1 atom stereocenters. The zero-order valence-electron chi connectivity index (χ0n) is 18.9. The number of carbonyl (C=O) groups is 2. The standard InChI is InChI=1S/C24H25N5O5S/c1-17(15-30)29(20-10-5-9-19(13-20)23(25)26)22(31)14-28-12-6-11-21(24(28)32)27-35(33,34)16-18-7-3-2-4-8-18/h2-13,15,17,27H,14,16H2,1H3,(H3,25,26). The molecule has 1 aromatic heterocycles. The van der Waals surface area contributed by atoms with Gasteiger partial charge in [0, 0.05) is 17.4 Å². The third-order valence-corrected chi connectivity index (χ3v) is 6.34. The minimum atomic E-state index is -3.88. The van der Waals surface area contributed by atoms with Gasteiger partial charge in [0.1, 0.15) is 24.4 Å². The van der Waals surface area contributed by atoms with Crippen molar-refractivity contribution in [1.29, 1.82) is 5.41 Å². The summed E-state index contributed by atoms with van der Waals surface area (Å²) in [7, 11) is -3.88. The number of amidine groups is 1. The number of hydrogen-bond acceptors (Lipinski definition) is 6. The molecule has 1 unspecified atom stereocenters. The Morgan fingerprint density at radius 3 is 2.51 bits per heavy atom. The fourth-order valence-electron chi connectivity index (χ4n) is 3.45. The molecular weight excluding hydrogens is 470 g/mol. The van der Waals surface area contributed by atoms with E-state index >= 15 is 0 Å². The van der Waals surface area contributed by atoms with Gasteiger partial charge < -0.3 is 20.0 Å². The number of aldehydes is 1. The van der Waals surface area contributed by atoms with E-state index in [4.69, 9.17) is 11.1 Å². The van der Waals surface area contributed by atoms with Gasteiger partial charge >= 0.3 is 0 Å². The highest BCUT2D eigenvalue weighted by atomic mass is 32.2. The Morgan fingerprint density at radius 1 is 1.14 bits per heavy atom. The molecule has 3 rings (SSSR count). The highest BCUT2D eigenvalue weighted by Gasteiger charge is 2.23. The maximum atomic E-state index is 13.2. The van der Waals surface area contributed by atoms with Crippen LogP contribution in [-0.4, -0.2) is 37.1 Å². The summed E-state index contributed by atoms with van der Waals surface area (Å²) in [6.07, 6.45) is 1.93. The Hall–Kier alpha value is -4.25. The number of amides is 1. The summed E-state index contributed by atoms with van der Waals surface area (Å²) in [5.74, 6) is -1.11. The zero-order valence-corrected chi connectivity index (χ0v) is 19.7.